The van der Waals surface area contributed by atoms with Gasteiger partial charge in [-0.05, 0) is 37.3 Å². The van der Waals surface area contributed by atoms with Crippen molar-refractivity contribution in [2.24, 2.45) is 0 Å². The molecule has 0 atom stereocenters. The number of nitrogens with zero attached hydrogens (tertiary/aromatic N) is 4. The first-order chi connectivity index (χ1) is 13.1. The lowest BCUT2D eigenvalue weighted by molar-refractivity contribution is -0.00807. The molecule has 0 saturated heterocycles. The summed E-state index contributed by atoms with van der Waals surface area (Å²) in [6, 6.07) is 11.4. The minimum atomic E-state index is -0.819. The summed E-state index contributed by atoms with van der Waals surface area (Å²) in [6.45, 7) is 0. The Kier molecular flexibility index (Phi) is 4.68. The molecule has 3 aromatic rings. The van der Waals surface area contributed by atoms with Crippen molar-refractivity contribution in [2.75, 3.05) is 0 Å². The van der Waals surface area contributed by atoms with Gasteiger partial charge < -0.3 is 10.4 Å². The maximum atomic E-state index is 12.5. The van der Waals surface area contributed by atoms with Gasteiger partial charge in [-0.1, -0.05) is 30.3 Å². The zero-order valence-electron chi connectivity index (χ0n) is 14.8. The minimum Gasteiger partial charge on any atom is -0.385 e. The van der Waals surface area contributed by atoms with Gasteiger partial charge in [-0.25, -0.2) is 15.0 Å². The van der Waals surface area contributed by atoms with Crippen LogP contribution >= 0.6 is 0 Å². The lowest BCUT2D eigenvalue weighted by atomic mass is 9.78. The molecule has 1 aliphatic carbocycles. The van der Waals surface area contributed by atoms with E-state index in [-0.39, 0.29) is 17.8 Å². The van der Waals surface area contributed by atoms with E-state index >= 15 is 0 Å². The van der Waals surface area contributed by atoms with Crippen LogP contribution in [0.25, 0.3) is 5.82 Å². The number of carbonyl (C=O) groups is 1. The predicted molar refractivity (Wildman–Crippen MR) is 99.2 cm³/mol. The molecule has 1 aromatic carbocycles. The van der Waals surface area contributed by atoms with E-state index in [9.17, 15) is 9.90 Å². The Bertz CT molecular complexity index is 903. The van der Waals surface area contributed by atoms with Gasteiger partial charge in [0.15, 0.2) is 0 Å². The van der Waals surface area contributed by atoms with Crippen LogP contribution in [0.4, 0.5) is 0 Å². The van der Waals surface area contributed by atoms with Crippen LogP contribution in [0.5, 0.6) is 0 Å². The fourth-order valence-corrected chi connectivity index (χ4v) is 3.52. The third-order valence-electron chi connectivity index (χ3n) is 5.07. The van der Waals surface area contributed by atoms with Crippen LogP contribution in [0.15, 0.2) is 61.3 Å². The molecule has 1 saturated carbocycles. The van der Waals surface area contributed by atoms with Crippen molar-refractivity contribution in [3.63, 3.8) is 0 Å². The maximum absolute atomic E-state index is 12.5. The van der Waals surface area contributed by atoms with E-state index in [0.29, 0.717) is 31.5 Å². The molecule has 4 rings (SSSR count). The molecule has 2 aromatic heterocycles. The van der Waals surface area contributed by atoms with Crippen molar-refractivity contribution < 1.29 is 9.90 Å². The average Bonchev–Trinajstić information content (AvgIpc) is 3.26. The van der Waals surface area contributed by atoms with Crippen molar-refractivity contribution >= 4 is 5.91 Å². The van der Waals surface area contributed by atoms with Crippen molar-refractivity contribution in [1.82, 2.24) is 24.8 Å². The van der Waals surface area contributed by atoms with E-state index in [2.05, 4.69) is 20.3 Å². The molecule has 0 unspecified atom stereocenters. The van der Waals surface area contributed by atoms with Gasteiger partial charge in [-0.15, -0.1) is 0 Å². The molecule has 0 spiro atoms. The molecular formula is C20H21N5O2. The zero-order chi connectivity index (χ0) is 18.7. The second kappa shape index (κ2) is 7.28. The molecule has 1 aliphatic rings. The van der Waals surface area contributed by atoms with Crippen LogP contribution in [-0.2, 0) is 5.60 Å². The Morgan fingerprint density at radius 1 is 1.15 bits per heavy atom. The molecule has 0 bridgehead atoms. The summed E-state index contributed by atoms with van der Waals surface area (Å²) in [5.74, 6) is 0.423. The van der Waals surface area contributed by atoms with Crippen molar-refractivity contribution in [2.45, 2.75) is 37.3 Å². The molecule has 27 heavy (non-hydrogen) atoms. The monoisotopic (exact) mass is 363 g/mol. The number of benzene rings is 1. The number of aromatic nitrogens is 4. The summed E-state index contributed by atoms with van der Waals surface area (Å²) >= 11 is 0. The van der Waals surface area contributed by atoms with Crippen LogP contribution in [0.3, 0.4) is 0 Å². The highest BCUT2D eigenvalue weighted by Crippen LogP contribution is 2.36. The van der Waals surface area contributed by atoms with Crippen molar-refractivity contribution in [3.05, 3.63) is 72.7 Å². The van der Waals surface area contributed by atoms with Gasteiger partial charge >= 0.3 is 0 Å². The maximum Gasteiger partial charge on any atom is 0.289 e. The Morgan fingerprint density at radius 2 is 1.93 bits per heavy atom. The summed E-state index contributed by atoms with van der Waals surface area (Å²) in [7, 11) is 0. The number of rotatable bonds is 4. The highest BCUT2D eigenvalue weighted by molar-refractivity contribution is 5.90. The molecule has 2 N–H and O–H groups in total. The van der Waals surface area contributed by atoms with Crippen LogP contribution in [0, 0.1) is 0 Å². The summed E-state index contributed by atoms with van der Waals surface area (Å²) < 4.78 is 1.72. The molecule has 7 nitrogen and oxygen atoms in total. The number of carbonyl (C=O) groups excluding carboxylic acids is 1. The molecular weight excluding hydrogens is 342 g/mol. The second-order valence-electron chi connectivity index (χ2n) is 6.85. The van der Waals surface area contributed by atoms with Gasteiger partial charge in [0.05, 0.1) is 5.60 Å². The van der Waals surface area contributed by atoms with Gasteiger partial charge in [-0.3, -0.25) is 9.36 Å². The largest absolute Gasteiger partial charge is 0.385 e. The van der Waals surface area contributed by atoms with Crippen molar-refractivity contribution in [1.29, 1.82) is 0 Å². The summed E-state index contributed by atoms with van der Waals surface area (Å²) in [5.41, 5.74) is 0.117. The third-order valence-corrected chi connectivity index (χ3v) is 5.07. The molecule has 2 heterocycles. The molecule has 138 valence electrons. The van der Waals surface area contributed by atoms with E-state index in [1.807, 2.05) is 30.3 Å². The molecule has 1 amide bonds. The fraction of sp³-hybridized carbons (Fsp3) is 0.300. The Morgan fingerprint density at radius 3 is 2.63 bits per heavy atom. The molecule has 7 heteroatoms. The highest BCUT2D eigenvalue weighted by atomic mass is 16.3. The number of aliphatic hydroxyl groups is 1. The summed E-state index contributed by atoms with van der Waals surface area (Å²) in [6.07, 6.45) is 9.22. The van der Waals surface area contributed by atoms with Crippen LogP contribution in [0.1, 0.15) is 41.9 Å². The van der Waals surface area contributed by atoms with Gasteiger partial charge in [0.1, 0.15) is 12.1 Å². The highest BCUT2D eigenvalue weighted by Gasteiger charge is 2.35. The van der Waals surface area contributed by atoms with Gasteiger partial charge in [-0.2, -0.15) is 0 Å². The van der Waals surface area contributed by atoms with E-state index in [1.54, 1.807) is 35.6 Å². The van der Waals surface area contributed by atoms with Crippen LogP contribution in [-0.4, -0.2) is 36.6 Å². The van der Waals surface area contributed by atoms with Gasteiger partial charge in [0.25, 0.3) is 5.91 Å². The lowest BCUT2D eigenvalue weighted by Gasteiger charge is -2.36. The molecule has 1 fully saturated rings. The zero-order valence-corrected chi connectivity index (χ0v) is 14.8. The summed E-state index contributed by atoms with van der Waals surface area (Å²) in [5, 5.41) is 13.9. The Labute approximate surface area is 157 Å². The molecule has 0 radical (unpaired) electrons. The number of amides is 1. The second-order valence-corrected chi connectivity index (χ2v) is 6.85. The number of nitrogens with one attached hydrogen (secondary N) is 1. The first kappa shape index (κ1) is 17.4. The van der Waals surface area contributed by atoms with Crippen molar-refractivity contribution in [3.8, 4) is 5.82 Å². The molecule has 0 aliphatic heterocycles. The van der Waals surface area contributed by atoms with Gasteiger partial charge in [0.2, 0.25) is 5.82 Å². The Hall–Kier alpha value is -3.06. The first-order valence-corrected chi connectivity index (χ1v) is 9.04. The van der Waals surface area contributed by atoms with E-state index in [4.69, 9.17) is 0 Å². The topological polar surface area (TPSA) is 92.9 Å². The average molecular weight is 363 g/mol. The smallest absolute Gasteiger partial charge is 0.289 e. The SMILES string of the molecule is O=C(NC1CCC(O)(c2ccccc2)CC1)c1nccc(-n2ccnc2)n1. The number of imidazole rings is 1. The third kappa shape index (κ3) is 3.73. The van der Waals surface area contributed by atoms with Crippen LogP contribution in [0.2, 0.25) is 0 Å². The quantitative estimate of drug-likeness (QED) is 0.741. The lowest BCUT2D eigenvalue weighted by Crippen LogP contribution is -2.42. The number of hydrogen-bond acceptors (Lipinski definition) is 5. The van der Waals surface area contributed by atoms with Gasteiger partial charge in [0, 0.05) is 24.6 Å². The Balaban J connectivity index is 1.39. The first-order valence-electron chi connectivity index (χ1n) is 9.04. The van der Waals surface area contributed by atoms with E-state index < -0.39 is 5.60 Å². The van der Waals surface area contributed by atoms with E-state index in [0.717, 1.165) is 5.56 Å². The predicted octanol–water partition coefficient (Wildman–Crippen LogP) is 2.22. The number of hydrogen-bond donors (Lipinski definition) is 2. The summed E-state index contributed by atoms with van der Waals surface area (Å²) in [4.78, 5) is 24.9. The van der Waals surface area contributed by atoms with Crippen LogP contribution < -0.4 is 5.32 Å². The van der Waals surface area contributed by atoms with E-state index in [1.165, 1.54) is 0 Å². The standard InChI is InChI=1S/C20H21N5O2/c26-19(18-22-11-8-17(24-18)25-13-12-21-14-25)23-16-6-9-20(27,10-7-16)15-4-2-1-3-5-15/h1-5,8,11-14,16,27H,6-7,9-10H2,(H,23,26). The normalized spacial score (nSPS) is 22.3. The minimum absolute atomic E-state index is 0.00184. The fourth-order valence-electron chi connectivity index (χ4n) is 3.52.